The molecule has 0 fully saturated rings. The van der Waals surface area contributed by atoms with Gasteiger partial charge in [-0.25, -0.2) is 0 Å². The van der Waals surface area contributed by atoms with E-state index >= 15 is 0 Å². The second-order valence-corrected chi connectivity index (χ2v) is 6.92. The Hall–Kier alpha value is -1.13. The molecule has 0 aliphatic carbocycles. The fraction of sp³-hybridized carbons (Fsp3) is 0.267. The minimum atomic E-state index is 0.0101. The molecular weight excluding hydrogens is 322 g/mol. The van der Waals surface area contributed by atoms with Gasteiger partial charge < -0.3 is 5.32 Å². The highest BCUT2D eigenvalue weighted by Crippen LogP contribution is 2.22. The van der Waals surface area contributed by atoms with E-state index in [1.54, 1.807) is 0 Å². The number of halogens is 1. The van der Waals surface area contributed by atoms with E-state index in [1.165, 1.54) is 16.9 Å². The molecule has 19 heavy (non-hydrogen) atoms. The Labute approximate surface area is 126 Å². The first-order valence-electron chi connectivity index (χ1n) is 6.25. The fourth-order valence-electron chi connectivity index (χ4n) is 1.87. The third kappa shape index (κ3) is 4.18. The van der Waals surface area contributed by atoms with Crippen LogP contribution in [0.25, 0.3) is 0 Å². The summed E-state index contributed by atoms with van der Waals surface area (Å²) in [5.41, 5.74) is 1.32. The molecule has 1 N–H and O–H groups in total. The predicted molar refractivity (Wildman–Crippen MR) is 83.8 cm³/mol. The van der Waals surface area contributed by atoms with E-state index < -0.39 is 0 Å². The standard InChI is InChI=1S/C15H16BrNOS/c1-11(12-5-3-2-4-6-12)9-10-17-15(18)13-7-8-14(16)19-13/h2-8,11H,9-10H2,1H3,(H,17,18). The smallest absolute Gasteiger partial charge is 0.261 e. The third-order valence-corrected chi connectivity index (χ3v) is 4.65. The zero-order valence-electron chi connectivity index (χ0n) is 10.7. The van der Waals surface area contributed by atoms with Gasteiger partial charge in [0, 0.05) is 6.54 Å². The zero-order valence-corrected chi connectivity index (χ0v) is 13.1. The molecular formula is C15H16BrNOS. The van der Waals surface area contributed by atoms with Crippen LogP contribution in [0.3, 0.4) is 0 Å². The minimum absolute atomic E-state index is 0.0101. The Morgan fingerprint density at radius 1 is 1.26 bits per heavy atom. The van der Waals surface area contributed by atoms with Gasteiger partial charge in [0.25, 0.3) is 5.91 Å². The summed E-state index contributed by atoms with van der Waals surface area (Å²) in [5.74, 6) is 0.465. The van der Waals surface area contributed by atoms with Crippen molar-refractivity contribution in [2.24, 2.45) is 0 Å². The molecule has 2 aromatic rings. The van der Waals surface area contributed by atoms with Crippen LogP contribution in [-0.2, 0) is 0 Å². The summed E-state index contributed by atoms with van der Waals surface area (Å²) in [6, 6.07) is 14.1. The van der Waals surface area contributed by atoms with Crippen molar-refractivity contribution in [3.63, 3.8) is 0 Å². The third-order valence-electron chi connectivity index (χ3n) is 3.03. The molecule has 4 heteroatoms. The summed E-state index contributed by atoms with van der Waals surface area (Å²) < 4.78 is 0.982. The molecule has 2 rings (SSSR count). The van der Waals surface area contributed by atoms with Gasteiger partial charge in [-0.05, 0) is 46.0 Å². The van der Waals surface area contributed by atoms with Crippen molar-refractivity contribution >= 4 is 33.2 Å². The number of thiophene rings is 1. The van der Waals surface area contributed by atoms with Crippen LogP contribution >= 0.6 is 27.3 Å². The lowest BCUT2D eigenvalue weighted by atomic mass is 9.98. The number of hydrogen-bond acceptors (Lipinski definition) is 2. The summed E-state index contributed by atoms with van der Waals surface area (Å²) in [6.45, 7) is 2.88. The lowest BCUT2D eigenvalue weighted by Crippen LogP contribution is -2.24. The van der Waals surface area contributed by atoms with E-state index in [1.807, 2.05) is 30.3 Å². The van der Waals surface area contributed by atoms with Gasteiger partial charge in [-0.2, -0.15) is 0 Å². The van der Waals surface area contributed by atoms with E-state index in [9.17, 15) is 4.79 Å². The Morgan fingerprint density at radius 2 is 2.00 bits per heavy atom. The molecule has 2 nitrogen and oxygen atoms in total. The lowest BCUT2D eigenvalue weighted by Gasteiger charge is -2.12. The molecule has 1 heterocycles. The van der Waals surface area contributed by atoms with Gasteiger partial charge in [-0.3, -0.25) is 4.79 Å². The number of carbonyl (C=O) groups excluding carboxylic acids is 1. The molecule has 1 aromatic carbocycles. The van der Waals surface area contributed by atoms with E-state index in [0.717, 1.165) is 15.1 Å². The van der Waals surface area contributed by atoms with Gasteiger partial charge in [0.1, 0.15) is 0 Å². The molecule has 1 amide bonds. The minimum Gasteiger partial charge on any atom is -0.351 e. The van der Waals surface area contributed by atoms with Crippen LogP contribution in [0.15, 0.2) is 46.3 Å². The van der Waals surface area contributed by atoms with Crippen molar-refractivity contribution in [1.82, 2.24) is 5.32 Å². The monoisotopic (exact) mass is 337 g/mol. The summed E-state index contributed by atoms with van der Waals surface area (Å²) in [5, 5.41) is 2.96. The quantitative estimate of drug-likeness (QED) is 0.858. The number of benzene rings is 1. The molecule has 0 spiro atoms. The van der Waals surface area contributed by atoms with Gasteiger partial charge in [-0.15, -0.1) is 11.3 Å². The Bertz CT molecular complexity index is 538. The van der Waals surface area contributed by atoms with Crippen molar-refractivity contribution in [2.75, 3.05) is 6.54 Å². The highest BCUT2D eigenvalue weighted by Gasteiger charge is 2.09. The average molecular weight is 338 g/mol. The van der Waals surface area contributed by atoms with E-state index in [-0.39, 0.29) is 5.91 Å². The number of rotatable bonds is 5. The van der Waals surface area contributed by atoms with Crippen LogP contribution in [0.4, 0.5) is 0 Å². The molecule has 1 aromatic heterocycles. The van der Waals surface area contributed by atoms with Crippen molar-refractivity contribution in [1.29, 1.82) is 0 Å². The Morgan fingerprint density at radius 3 is 2.63 bits per heavy atom. The molecule has 0 saturated heterocycles. The number of amides is 1. The van der Waals surface area contributed by atoms with Crippen molar-refractivity contribution in [3.8, 4) is 0 Å². The molecule has 1 unspecified atom stereocenters. The van der Waals surface area contributed by atoms with Crippen LogP contribution in [0.2, 0.25) is 0 Å². The van der Waals surface area contributed by atoms with Crippen LogP contribution in [0, 0.1) is 0 Å². The molecule has 1 atom stereocenters. The van der Waals surface area contributed by atoms with E-state index in [2.05, 4.69) is 40.3 Å². The summed E-state index contributed by atoms with van der Waals surface area (Å²) in [4.78, 5) is 12.6. The maximum atomic E-state index is 11.9. The Balaban J connectivity index is 1.79. The fourth-order valence-corrected chi connectivity index (χ4v) is 3.18. The normalized spacial score (nSPS) is 12.1. The molecule has 0 radical (unpaired) electrons. The SMILES string of the molecule is CC(CCNC(=O)c1ccc(Br)s1)c1ccccc1. The summed E-state index contributed by atoms with van der Waals surface area (Å²) in [7, 11) is 0. The lowest BCUT2D eigenvalue weighted by molar-refractivity contribution is 0.0956. The molecule has 0 saturated carbocycles. The second kappa shape index (κ2) is 6.87. The Kier molecular flexibility index (Phi) is 5.16. The van der Waals surface area contributed by atoms with Crippen LogP contribution in [0.5, 0.6) is 0 Å². The highest BCUT2D eigenvalue weighted by molar-refractivity contribution is 9.11. The topological polar surface area (TPSA) is 29.1 Å². The molecule has 100 valence electrons. The largest absolute Gasteiger partial charge is 0.351 e. The first kappa shape index (κ1) is 14.3. The molecule has 0 aliphatic rings. The van der Waals surface area contributed by atoms with Gasteiger partial charge in [0.05, 0.1) is 8.66 Å². The molecule has 0 bridgehead atoms. The predicted octanol–water partition coefficient (Wildman–Crippen LogP) is 4.43. The van der Waals surface area contributed by atoms with Crippen molar-refractivity contribution in [3.05, 3.63) is 56.7 Å². The average Bonchev–Trinajstić information content (AvgIpc) is 2.86. The first-order chi connectivity index (χ1) is 9.16. The number of hydrogen-bond donors (Lipinski definition) is 1. The van der Waals surface area contributed by atoms with Gasteiger partial charge >= 0.3 is 0 Å². The van der Waals surface area contributed by atoms with Crippen LogP contribution < -0.4 is 5.32 Å². The summed E-state index contributed by atoms with van der Waals surface area (Å²) in [6.07, 6.45) is 0.947. The van der Waals surface area contributed by atoms with E-state index in [0.29, 0.717) is 12.5 Å². The zero-order chi connectivity index (χ0) is 13.7. The van der Waals surface area contributed by atoms with Gasteiger partial charge in [-0.1, -0.05) is 37.3 Å². The highest BCUT2D eigenvalue weighted by atomic mass is 79.9. The first-order valence-corrected chi connectivity index (χ1v) is 7.86. The van der Waals surface area contributed by atoms with Gasteiger partial charge in [0.2, 0.25) is 0 Å². The van der Waals surface area contributed by atoms with Crippen LogP contribution in [-0.4, -0.2) is 12.5 Å². The molecule has 0 aliphatic heterocycles. The maximum absolute atomic E-state index is 11.9. The summed E-state index contributed by atoms with van der Waals surface area (Å²) >= 11 is 4.82. The van der Waals surface area contributed by atoms with Crippen molar-refractivity contribution < 1.29 is 4.79 Å². The second-order valence-electron chi connectivity index (χ2n) is 4.46. The number of carbonyl (C=O) groups is 1. The number of nitrogens with one attached hydrogen (secondary N) is 1. The van der Waals surface area contributed by atoms with Gasteiger partial charge in [0.15, 0.2) is 0 Å². The van der Waals surface area contributed by atoms with E-state index in [4.69, 9.17) is 0 Å². The maximum Gasteiger partial charge on any atom is 0.261 e. The van der Waals surface area contributed by atoms with Crippen molar-refractivity contribution in [2.45, 2.75) is 19.3 Å². The van der Waals surface area contributed by atoms with Crippen LogP contribution in [0.1, 0.15) is 34.5 Å².